The van der Waals surface area contributed by atoms with Gasteiger partial charge in [0.25, 0.3) is 5.91 Å². The van der Waals surface area contributed by atoms with E-state index in [1.54, 1.807) is 12.1 Å². The summed E-state index contributed by atoms with van der Waals surface area (Å²) in [6.45, 7) is 0.508. The summed E-state index contributed by atoms with van der Waals surface area (Å²) in [4.78, 5) is 16.9. The first-order valence-corrected chi connectivity index (χ1v) is 9.75. The van der Waals surface area contributed by atoms with Crippen LogP contribution in [-0.2, 0) is 0 Å². The smallest absolute Gasteiger partial charge is 0.251 e. The lowest BCUT2D eigenvalue weighted by molar-refractivity contribution is 0.0932. The van der Waals surface area contributed by atoms with Crippen LogP contribution in [0.5, 0.6) is 0 Å². The third-order valence-corrected chi connectivity index (χ3v) is 4.61. The molecule has 150 valence electrons. The van der Waals surface area contributed by atoms with Gasteiger partial charge in [0.15, 0.2) is 5.82 Å². The van der Waals surface area contributed by atoms with Crippen LogP contribution in [0.15, 0.2) is 59.6 Å². The van der Waals surface area contributed by atoms with Gasteiger partial charge in [-0.1, -0.05) is 47.7 Å². The minimum Gasteiger partial charge on any atom is -0.386 e. The number of hydrogen-bond acceptors (Lipinski definition) is 5. The third-order valence-electron chi connectivity index (χ3n) is 4.34. The van der Waals surface area contributed by atoms with Crippen LogP contribution in [-0.4, -0.2) is 44.8 Å². The fraction of sp³-hybridized carbons (Fsp3) is 0.250. The van der Waals surface area contributed by atoms with Crippen LogP contribution in [0.4, 0.5) is 0 Å². The maximum Gasteiger partial charge on any atom is 0.251 e. The molecule has 1 atom stereocenters. The SMILES string of the molecule is NC(CCl)=NCCC[C@H](NC(=O)c1ccc(-c2ccccc2)cc1)c1nn[nH]n1. The van der Waals surface area contributed by atoms with Crippen molar-refractivity contribution >= 4 is 23.3 Å². The van der Waals surface area contributed by atoms with Crippen molar-refractivity contribution in [1.82, 2.24) is 25.9 Å². The van der Waals surface area contributed by atoms with Crippen LogP contribution >= 0.6 is 11.6 Å². The van der Waals surface area contributed by atoms with E-state index in [1.807, 2.05) is 42.5 Å². The Morgan fingerprint density at radius 3 is 2.52 bits per heavy atom. The van der Waals surface area contributed by atoms with Crippen molar-refractivity contribution in [1.29, 1.82) is 0 Å². The number of alkyl halides is 1. The van der Waals surface area contributed by atoms with Gasteiger partial charge in [0, 0.05) is 12.1 Å². The highest BCUT2D eigenvalue weighted by Crippen LogP contribution is 2.20. The molecule has 0 unspecified atom stereocenters. The number of amidine groups is 1. The van der Waals surface area contributed by atoms with Gasteiger partial charge in [0.2, 0.25) is 0 Å². The lowest BCUT2D eigenvalue weighted by Gasteiger charge is -2.15. The van der Waals surface area contributed by atoms with Crippen molar-refractivity contribution in [3.8, 4) is 11.1 Å². The first-order valence-electron chi connectivity index (χ1n) is 9.22. The third kappa shape index (κ3) is 5.86. The minimum atomic E-state index is -0.387. The highest BCUT2D eigenvalue weighted by atomic mass is 35.5. The molecule has 1 amide bonds. The summed E-state index contributed by atoms with van der Waals surface area (Å²) in [5.41, 5.74) is 8.31. The second-order valence-electron chi connectivity index (χ2n) is 6.39. The molecule has 3 rings (SSSR count). The summed E-state index contributed by atoms with van der Waals surface area (Å²) < 4.78 is 0. The standard InChI is InChI=1S/C20H22ClN7O/c21-13-18(22)23-12-4-7-17(19-25-27-28-26-19)24-20(29)16-10-8-15(9-11-16)14-5-2-1-3-6-14/h1-3,5-6,8-11,17H,4,7,12-13H2,(H2,22,23)(H,24,29)(H,25,26,27,28)/t17-/m0/s1. The van der Waals surface area contributed by atoms with E-state index in [2.05, 4.69) is 30.9 Å². The maximum absolute atomic E-state index is 12.7. The number of carbonyl (C=O) groups is 1. The molecule has 1 aromatic heterocycles. The number of nitrogens with two attached hydrogens (primary N) is 1. The van der Waals surface area contributed by atoms with Gasteiger partial charge in [-0.3, -0.25) is 9.79 Å². The number of benzene rings is 2. The van der Waals surface area contributed by atoms with E-state index in [9.17, 15) is 4.79 Å². The summed E-state index contributed by atoms with van der Waals surface area (Å²) in [7, 11) is 0. The van der Waals surface area contributed by atoms with Crippen molar-refractivity contribution in [2.24, 2.45) is 10.7 Å². The molecular weight excluding hydrogens is 390 g/mol. The minimum absolute atomic E-state index is 0.198. The predicted octanol–water partition coefficient (Wildman–Crippen LogP) is 2.71. The van der Waals surface area contributed by atoms with Gasteiger partial charge in [0.1, 0.15) is 5.84 Å². The molecule has 9 heteroatoms. The molecule has 0 aliphatic carbocycles. The second-order valence-corrected chi connectivity index (χ2v) is 6.66. The van der Waals surface area contributed by atoms with E-state index in [-0.39, 0.29) is 17.8 Å². The average molecular weight is 412 g/mol. The first kappa shape index (κ1) is 20.5. The molecule has 0 radical (unpaired) electrons. The summed E-state index contributed by atoms with van der Waals surface area (Å²) in [6, 6.07) is 17.1. The molecule has 0 aliphatic heterocycles. The van der Waals surface area contributed by atoms with Crippen LogP contribution in [0.1, 0.15) is 35.1 Å². The lowest BCUT2D eigenvalue weighted by Crippen LogP contribution is -2.29. The van der Waals surface area contributed by atoms with Gasteiger partial charge in [-0.25, -0.2) is 0 Å². The van der Waals surface area contributed by atoms with Crippen LogP contribution < -0.4 is 11.1 Å². The summed E-state index contributed by atoms with van der Waals surface area (Å²) >= 11 is 5.62. The summed E-state index contributed by atoms with van der Waals surface area (Å²) in [6.07, 6.45) is 1.27. The fourth-order valence-electron chi connectivity index (χ4n) is 2.83. The zero-order valence-corrected chi connectivity index (χ0v) is 16.5. The zero-order chi connectivity index (χ0) is 20.5. The van der Waals surface area contributed by atoms with Crippen molar-refractivity contribution < 1.29 is 4.79 Å². The van der Waals surface area contributed by atoms with Gasteiger partial charge in [-0.15, -0.1) is 21.8 Å². The van der Waals surface area contributed by atoms with E-state index >= 15 is 0 Å². The Labute approximate surface area is 173 Å². The molecule has 0 saturated heterocycles. The number of tetrazole rings is 1. The Kier molecular flexibility index (Phi) is 7.29. The molecule has 1 heterocycles. The van der Waals surface area contributed by atoms with E-state index < -0.39 is 0 Å². The molecule has 0 fully saturated rings. The van der Waals surface area contributed by atoms with Crippen LogP contribution in [0.25, 0.3) is 11.1 Å². The molecule has 3 aromatic rings. The number of aromatic nitrogens is 4. The number of carbonyl (C=O) groups excluding carboxylic acids is 1. The van der Waals surface area contributed by atoms with E-state index in [0.717, 1.165) is 11.1 Å². The van der Waals surface area contributed by atoms with E-state index in [4.69, 9.17) is 17.3 Å². The highest BCUT2D eigenvalue weighted by molar-refractivity contribution is 6.27. The average Bonchev–Trinajstić information content (AvgIpc) is 3.31. The van der Waals surface area contributed by atoms with E-state index in [1.165, 1.54) is 0 Å². The Bertz CT molecular complexity index is 927. The lowest BCUT2D eigenvalue weighted by atomic mass is 10.0. The van der Waals surface area contributed by atoms with Crippen LogP contribution in [0.2, 0.25) is 0 Å². The Balaban J connectivity index is 1.65. The maximum atomic E-state index is 12.7. The number of nitrogens with one attached hydrogen (secondary N) is 2. The monoisotopic (exact) mass is 411 g/mol. The van der Waals surface area contributed by atoms with Crippen molar-refractivity contribution in [2.45, 2.75) is 18.9 Å². The van der Waals surface area contributed by atoms with E-state index in [0.29, 0.717) is 36.6 Å². The number of rotatable bonds is 9. The van der Waals surface area contributed by atoms with Gasteiger partial charge in [0.05, 0.1) is 11.9 Å². The molecule has 0 saturated carbocycles. The number of nitrogens with zero attached hydrogens (tertiary/aromatic N) is 4. The van der Waals surface area contributed by atoms with Crippen molar-refractivity contribution in [3.63, 3.8) is 0 Å². The van der Waals surface area contributed by atoms with Crippen molar-refractivity contribution in [3.05, 3.63) is 66.0 Å². The summed E-state index contributed by atoms with van der Waals surface area (Å²) in [5.74, 6) is 0.811. The molecule has 29 heavy (non-hydrogen) atoms. The van der Waals surface area contributed by atoms with Crippen LogP contribution in [0.3, 0.4) is 0 Å². The number of aromatic amines is 1. The second kappa shape index (κ2) is 10.3. The Morgan fingerprint density at radius 2 is 1.86 bits per heavy atom. The first-order chi connectivity index (χ1) is 14.2. The largest absolute Gasteiger partial charge is 0.386 e. The zero-order valence-electron chi connectivity index (χ0n) is 15.8. The van der Waals surface area contributed by atoms with Crippen molar-refractivity contribution in [2.75, 3.05) is 12.4 Å². The molecule has 0 spiro atoms. The highest BCUT2D eigenvalue weighted by Gasteiger charge is 2.19. The fourth-order valence-corrected chi connectivity index (χ4v) is 2.91. The molecule has 0 aliphatic rings. The Hall–Kier alpha value is -3.26. The molecule has 4 N–H and O–H groups in total. The number of halogens is 1. The van der Waals surface area contributed by atoms with Crippen LogP contribution in [0, 0.1) is 0 Å². The normalized spacial score (nSPS) is 12.5. The van der Waals surface area contributed by atoms with Gasteiger partial charge in [-0.05, 0) is 36.1 Å². The Morgan fingerprint density at radius 1 is 1.14 bits per heavy atom. The topological polar surface area (TPSA) is 122 Å². The molecule has 0 bridgehead atoms. The number of aliphatic imine (C=N–C) groups is 1. The summed E-state index contributed by atoms with van der Waals surface area (Å²) in [5, 5.41) is 17.0. The van der Waals surface area contributed by atoms with Gasteiger partial charge >= 0.3 is 0 Å². The number of amides is 1. The number of hydrogen-bond donors (Lipinski definition) is 3. The van der Waals surface area contributed by atoms with Gasteiger partial charge in [-0.2, -0.15) is 5.21 Å². The molecule has 2 aromatic carbocycles. The molecular formula is C20H22ClN7O. The quantitative estimate of drug-likeness (QED) is 0.216. The number of H-pyrrole nitrogens is 1. The predicted molar refractivity (Wildman–Crippen MR) is 113 cm³/mol. The molecule has 8 nitrogen and oxygen atoms in total. The van der Waals surface area contributed by atoms with Gasteiger partial charge < -0.3 is 11.1 Å².